The summed E-state index contributed by atoms with van der Waals surface area (Å²) in [5, 5.41) is 0. The van der Waals surface area contributed by atoms with Gasteiger partial charge in [0.15, 0.2) is 11.6 Å². The molecule has 0 atom stereocenters. The normalized spacial score (nSPS) is 10.5. The van der Waals surface area contributed by atoms with E-state index < -0.39 is 11.6 Å². The topological polar surface area (TPSA) is 9.23 Å². The van der Waals surface area contributed by atoms with Gasteiger partial charge >= 0.3 is 0 Å². The molecule has 0 radical (unpaired) electrons. The number of hydrogen-bond donors (Lipinski definition) is 0. The van der Waals surface area contributed by atoms with Gasteiger partial charge in [0.2, 0.25) is 5.82 Å². The molecular weight excluding hydrogens is 390 g/mol. The number of ether oxygens (including phenoxy) is 1. The average Bonchev–Trinajstić information content (AvgIpc) is 2.81. The molecule has 31 heavy (non-hydrogen) atoms. The number of benzene rings is 3. The molecule has 0 unspecified atom stereocenters. The smallest absolute Gasteiger partial charge is 0.201 e. The summed E-state index contributed by atoms with van der Waals surface area (Å²) >= 11 is 0. The van der Waals surface area contributed by atoms with Gasteiger partial charge in [0.1, 0.15) is 0 Å². The summed E-state index contributed by atoms with van der Waals surface area (Å²) in [7, 11) is 0. The molecule has 0 spiro atoms. The van der Waals surface area contributed by atoms with E-state index in [2.05, 4.69) is 43.0 Å². The molecule has 0 fully saturated rings. The summed E-state index contributed by atoms with van der Waals surface area (Å²) in [6.07, 6.45) is 5.22. The highest BCUT2D eigenvalue weighted by Gasteiger charge is 2.13. The molecule has 0 saturated heterocycles. The van der Waals surface area contributed by atoms with Gasteiger partial charge in [-0.25, -0.2) is 4.39 Å². The van der Waals surface area contributed by atoms with Crippen LogP contribution in [0.25, 0.3) is 11.1 Å². The van der Waals surface area contributed by atoms with Crippen LogP contribution in [0.4, 0.5) is 8.78 Å². The lowest BCUT2D eigenvalue weighted by atomic mass is 10.0. The minimum atomic E-state index is -0.986. The van der Waals surface area contributed by atoms with Crippen molar-refractivity contribution in [2.45, 2.75) is 46.0 Å². The average molecular weight is 419 g/mol. The van der Waals surface area contributed by atoms with Crippen LogP contribution in [0.2, 0.25) is 0 Å². The maximum Gasteiger partial charge on any atom is 0.201 e. The van der Waals surface area contributed by atoms with E-state index in [0.717, 1.165) is 36.0 Å². The third-order valence-electron chi connectivity index (χ3n) is 5.14. The van der Waals surface area contributed by atoms with Crippen molar-refractivity contribution in [3.8, 4) is 28.7 Å². The zero-order valence-electron chi connectivity index (χ0n) is 18.2. The van der Waals surface area contributed by atoms with E-state index in [0.29, 0.717) is 6.61 Å². The molecule has 3 aromatic carbocycles. The van der Waals surface area contributed by atoms with E-state index in [1.807, 2.05) is 31.2 Å². The first-order valence-corrected chi connectivity index (χ1v) is 10.9. The Morgan fingerprint density at radius 1 is 0.710 bits per heavy atom. The quantitative estimate of drug-likeness (QED) is 0.271. The van der Waals surface area contributed by atoms with Gasteiger partial charge in [-0.3, -0.25) is 0 Å². The highest BCUT2D eigenvalue weighted by molar-refractivity contribution is 5.64. The Bertz CT molecular complexity index is 1040. The summed E-state index contributed by atoms with van der Waals surface area (Å²) in [6.45, 7) is 4.57. The molecule has 0 saturated carbocycles. The van der Waals surface area contributed by atoms with Crippen LogP contribution in [0, 0.1) is 23.5 Å². The Morgan fingerprint density at radius 3 is 2.00 bits per heavy atom. The van der Waals surface area contributed by atoms with E-state index in [4.69, 9.17) is 4.74 Å². The molecule has 3 rings (SSSR count). The zero-order valence-corrected chi connectivity index (χ0v) is 18.2. The Kier molecular flexibility index (Phi) is 8.24. The molecule has 3 aromatic rings. The molecule has 0 aliphatic heterocycles. The second kappa shape index (κ2) is 11.3. The van der Waals surface area contributed by atoms with E-state index >= 15 is 0 Å². The largest absolute Gasteiger partial charge is 0.490 e. The first-order chi connectivity index (χ1) is 15.1. The second-order valence-electron chi connectivity index (χ2n) is 7.57. The molecule has 0 bridgehead atoms. The molecule has 0 aliphatic rings. The van der Waals surface area contributed by atoms with Crippen molar-refractivity contribution in [3.63, 3.8) is 0 Å². The monoisotopic (exact) mass is 418 g/mol. The Labute approximate surface area is 184 Å². The fourth-order valence-electron chi connectivity index (χ4n) is 3.20. The fourth-order valence-corrected chi connectivity index (χ4v) is 3.20. The van der Waals surface area contributed by atoms with Gasteiger partial charge in [-0.05, 0) is 60.2 Å². The molecule has 1 nitrogen and oxygen atoms in total. The molecule has 0 amide bonds. The van der Waals surface area contributed by atoms with Crippen molar-refractivity contribution in [2.24, 2.45) is 0 Å². The van der Waals surface area contributed by atoms with Crippen molar-refractivity contribution < 1.29 is 13.5 Å². The maximum atomic E-state index is 14.3. The Hall–Kier alpha value is -3.12. The highest BCUT2D eigenvalue weighted by atomic mass is 19.2. The van der Waals surface area contributed by atoms with Gasteiger partial charge in [0.05, 0.1) is 12.2 Å². The number of halogens is 2. The van der Waals surface area contributed by atoms with Crippen molar-refractivity contribution in [2.75, 3.05) is 6.61 Å². The third-order valence-corrected chi connectivity index (χ3v) is 5.14. The van der Waals surface area contributed by atoms with Crippen molar-refractivity contribution in [1.29, 1.82) is 0 Å². The first kappa shape index (κ1) is 22.6. The van der Waals surface area contributed by atoms with Crippen LogP contribution in [0.15, 0.2) is 60.7 Å². The number of rotatable bonds is 8. The van der Waals surface area contributed by atoms with Crippen LogP contribution < -0.4 is 4.74 Å². The SMILES string of the molecule is CCCCOc1ccc(C#Cc2ccc(-c3ccc(CCCC)cc3)cc2)c(F)c1F. The summed E-state index contributed by atoms with van der Waals surface area (Å²) in [5.41, 5.74) is 4.35. The molecular formula is C28H28F2O. The summed E-state index contributed by atoms with van der Waals surface area (Å²) in [4.78, 5) is 0. The number of aryl methyl sites for hydroxylation is 1. The Morgan fingerprint density at radius 2 is 1.35 bits per heavy atom. The minimum absolute atomic E-state index is 0.0205. The van der Waals surface area contributed by atoms with Gasteiger partial charge in [-0.15, -0.1) is 0 Å². The summed E-state index contributed by atoms with van der Waals surface area (Å²) < 4.78 is 33.8. The van der Waals surface area contributed by atoms with Crippen LogP contribution in [0.1, 0.15) is 56.2 Å². The van der Waals surface area contributed by atoms with Crippen LogP contribution in [-0.4, -0.2) is 6.61 Å². The van der Waals surface area contributed by atoms with E-state index in [9.17, 15) is 8.78 Å². The molecule has 3 heteroatoms. The van der Waals surface area contributed by atoms with E-state index in [-0.39, 0.29) is 11.3 Å². The van der Waals surface area contributed by atoms with Crippen LogP contribution in [0.5, 0.6) is 5.75 Å². The van der Waals surface area contributed by atoms with Gasteiger partial charge < -0.3 is 4.74 Å². The Balaban J connectivity index is 1.70. The lowest BCUT2D eigenvalue weighted by Crippen LogP contribution is -2.01. The van der Waals surface area contributed by atoms with Crippen LogP contribution in [-0.2, 0) is 6.42 Å². The standard InChI is InChI=1S/C28H28F2O/c1-3-5-7-21-8-13-23(14-9-21)24-15-10-22(11-16-24)12-17-25-18-19-26(28(30)27(25)29)31-20-6-4-2/h8-11,13-16,18-19H,3-7,20H2,1-2H3. The van der Waals surface area contributed by atoms with Crippen LogP contribution >= 0.6 is 0 Å². The zero-order chi connectivity index (χ0) is 22.1. The highest BCUT2D eigenvalue weighted by Crippen LogP contribution is 2.23. The number of hydrogen-bond acceptors (Lipinski definition) is 1. The van der Waals surface area contributed by atoms with E-state index in [1.54, 1.807) is 0 Å². The van der Waals surface area contributed by atoms with E-state index in [1.165, 1.54) is 30.5 Å². The molecule has 160 valence electrons. The van der Waals surface area contributed by atoms with Gasteiger partial charge in [-0.2, -0.15) is 4.39 Å². The maximum absolute atomic E-state index is 14.3. The lowest BCUT2D eigenvalue weighted by molar-refractivity contribution is 0.288. The second-order valence-corrected chi connectivity index (χ2v) is 7.57. The molecule has 0 aromatic heterocycles. The fraction of sp³-hybridized carbons (Fsp3) is 0.286. The minimum Gasteiger partial charge on any atom is -0.490 e. The summed E-state index contributed by atoms with van der Waals surface area (Å²) in [6, 6.07) is 19.3. The predicted octanol–water partition coefficient (Wildman–Crippen LogP) is 7.55. The van der Waals surface area contributed by atoms with Crippen molar-refractivity contribution >= 4 is 0 Å². The third kappa shape index (κ3) is 6.18. The van der Waals surface area contributed by atoms with Crippen molar-refractivity contribution in [3.05, 3.63) is 89.0 Å². The van der Waals surface area contributed by atoms with Gasteiger partial charge in [0, 0.05) is 5.56 Å². The lowest BCUT2D eigenvalue weighted by Gasteiger charge is -2.07. The molecule has 0 heterocycles. The summed E-state index contributed by atoms with van der Waals surface area (Å²) in [5.74, 6) is 3.62. The van der Waals surface area contributed by atoms with Crippen molar-refractivity contribution in [1.82, 2.24) is 0 Å². The molecule has 0 aliphatic carbocycles. The first-order valence-electron chi connectivity index (χ1n) is 10.9. The molecule has 0 N–H and O–H groups in total. The predicted molar refractivity (Wildman–Crippen MR) is 123 cm³/mol. The van der Waals surface area contributed by atoms with Gasteiger partial charge in [0.25, 0.3) is 0 Å². The van der Waals surface area contributed by atoms with Crippen LogP contribution in [0.3, 0.4) is 0 Å². The van der Waals surface area contributed by atoms with Gasteiger partial charge in [-0.1, -0.05) is 74.9 Å². The number of unbranched alkanes of at least 4 members (excludes halogenated alkanes) is 2.